The first-order valence-electron chi connectivity index (χ1n) is 6.23. The third-order valence-corrected chi connectivity index (χ3v) is 2.37. The van der Waals surface area contributed by atoms with Crippen LogP contribution in [0.25, 0.3) is 0 Å². The lowest BCUT2D eigenvalue weighted by Gasteiger charge is -2.22. The van der Waals surface area contributed by atoms with Crippen molar-refractivity contribution in [2.24, 2.45) is 0 Å². The van der Waals surface area contributed by atoms with Gasteiger partial charge >= 0.3 is 6.16 Å². The van der Waals surface area contributed by atoms with Crippen LogP contribution in [0.2, 0.25) is 0 Å². The second-order valence-corrected chi connectivity index (χ2v) is 6.50. The minimum Gasteiger partial charge on any atom is -0.508 e. The van der Waals surface area contributed by atoms with E-state index in [4.69, 9.17) is 9.47 Å². The van der Waals surface area contributed by atoms with Crippen molar-refractivity contribution in [3.63, 3.8) is 0 Å². The molecule has 0 bridgehead atoms. The molecule has 1 rings (SSSR count). The van der Waals surface area contributed by atoms with E-state index in [1.807, 2.05) is 20.8 Å². The van der Waals surface area contributed by atoms with Crippen LogP contribution in [-0.4, -0.2) is 16.9 Å². The Morgan fingerprint density at radius 2 is 1.68 bits per heavy atom. The van der Waals surface area contributed by atoms with Gasteiger partial charge in [-0.15, -0.1) is 0 Å². The van der Waals surface area contributed by atoms with E-state index in [0.29, 0.717) is 11.3 Å². The van der Waals surface area contributed by atoms with Crippen LogP contribution in [0.5, 0.6) is 11.5 Å². The summed E-state index contributed by atoms with van der Waals surface area (Å²) >= 11 is 0. The zero-order chi connectivity index (χ0) is 14.8. The van der Waals surface area contributed by atoms with Crippen LogP contribution >= 0.6 is 0 Å². The number of aromatic hydroxyl groups is 1. The summed E-state index contributed by atoms with van der Waals surface area (Å²) in [5, 5.41) is 9.82. The second kappa shape index (κ2) is 5.11. The number of hydrogen-bond donors (Lipinski definition) is 1. The average Bonchev–Trinajstić information content (AvgIpc) is 2.16. The highest BCUT2D eigenvalue weighted by Crippen LogP contribution is 2.33. The standard InChI is InChI=1S/C15H22O4/c1-14(2,3)11-9-10(7-8-12(11)16)18-13(17)19-15(4,5)6/h7-9,16H,1-6H3. The summed E-state index contributed by atoms with van der Waals surface area (Å²) in [7, 11) is 0. The number of rotatable bonds is 1. The van der Waals surface area contributed by atoms with Gasteiger partial charge in [-0.1, -0.05) is 20.8 Å². The van der Waals surface area contributed by atoms with Crippen molar-refractivity contribution in [3.8, 4) is 11.5 Å². The molecule has 1 N–H and O–H groups in total. The van der Waals surface area contributed by atoms with Crippen LogP contribution < -0.4 is 4.74 Å². The molecular formula is C15H22O4. The fourth-order valence-electron chi connectivity index (χ4n) is 1.55. The first-order valence-corrected chi connectivity index (χ1v) is 6.23. The highest BCUT2D eigenvalue weighted by Gasteiger charge is 2.21. The maximum Gasteiger partial charge on any atom is 0.514 e. The van der Waals surface area contributed by atoms with Gasteiger partial charge in [-0.3, -0.25) is 0 Å². The molecule has 0 heterocycles. The van der Waals surface area contributed by atoms with Gasteiger partial charge in [-0.25, -0.2) is 4.79 Å². The molecule has 0 aliphatic rings. The predicted molar refractivity (Wildman–Crippen MR) is 73.7 cm³/mol. The van der Waals surface area contributed by atoms with Gasteiger partial charge < -0.3 is 14.6 Å². The van der Waals surface area contributed by atoms with E-state index in [0.717, 1.165) is 0 Å². The lowest BCUT2D eigenvalue weighted by molar-refractivity contribution is 0.0206. The molecule has 0 radical (unpaired) electrons. The van der Waals surface area contributed by atoms with Crippen molar-refractivity contribution < 1.29 is 19.4 Å². The molecule has 19 heavy (non-hydrogen) atoms. The minimum absolute atomic E-state index is 0.184. The lowest BCUT2D eigenvalue weighted by Crippen LogP contribution is -2.26. The summed E-state index contributed by atoms with van der Waals surface area (Å²) in [6.07, 6.45) is -0.752. The van der Waals surface area contributed by atoms with Crippen LogP contribution in [-0.2, 0) is 10.2 Å². The zero-order valence-corrected chi connectivity index (χ0v) is 12.4. The molecule has 1 aromatic carbocycles. The monoisotopic (exact) mass is 266 g/mol. The quantitative estimate of drug-likeness (QED) is 0.616. The molecule has 1 aromatic rings. The molecule has 4 nitrogen and oxygen atoms in total. The van der Waals surface area contributed by atoms with E-state index in [1.165, 1.54) is 12.1 Å². The van der Waals surface area contributed by atoms with Crippen LogP contribution in [0.4, 0.5) is 4.79 Å². The molecule has 0 aromatic heterocycles. The van der Waals surface area contributed by atoms with Crippen LogP contribution in [0.1, 0.15) is 47.1 Å². The van der Waals surface area contributed by atoms with E-state index in [9.17, 15) is 9.90 Å². The first kappa shape index (κ1) is 15.3. The Morgan fingerprint density at radius 1 is 1.11 bits per heavy atom. The van der Waals surface area contributed by atoms with Gasteiger partial charge in [0.15, 0.2) is 0 Å². The largest absolute Gasteiger partial charge is 0.514 e. The molecule has 0 spiro atoms. The van der Waals surface area contributed by atoms with Gasteiger partial charge in [-0.2, -0.15) is 0 Å². The fraction of sp³-hybridized carbons (Fsp3) is 0.533. The molecule has 0 aliphatic carbocycles. The average molecular weight is 266 g/mol. The molecule has 0 fully saturated rings. The van der Waals surface area contributed by atoms with Crippen LogP contribution in [0, 0.1) is 0 Å². The number of benzene rings is 1. The maximum absolute atomic E-state index is 11.6. The molecule has 0 aliphatic heterocycles. The molecule has 0 unspecified atom stereocenters. The highest BCUT2D eigenvalue weighted by atomic mass is 16.7. The molecule has 0 saturated carbocycles. The molecule has 0 amide bonds. The van der Waals surface area contributed by atoms with Gasteiger partial charge in [0.1, 0.15) is 17.1 Å². The normalized spacial score (nSPS) is 12.1. The summed E-state index contributed by atoms with van der Waals surface area (Å²) in [6, 6.07) is 4.70. The maximum atomic E-state index is 11.6. The van der Waals surface area contributed by atoms with Crippen molar-refractivity contribution >= 4 is 6.16 Å². The number of carbonyl (C=O) groups is 1. The Bertz CT molecular complexity index is 464. The third-order valence-electron chi connectivity index (χ3n) is 2.37. The van der Waals surface area contributed by atoms with E-state index in [2.05, 4.69) is 0 Å². The first-order chi connectivity index (χ1) is 8.49. The topological polar surface area (TPSA) is 55.8 Å². The van der Waals surface area contributed by atoms with Gasteiger partial charge in [0.2, 0.25) is 0 Å². The van der Waals surface area contributed by atoms with Crippen molar-refractivity contribution in [1.29, 1.82) is 0 Å². The summed E-state index contributed by atoms with van der Waals surface area (Å²) in [4.78, 5) is 11.6. The van der Waals surface area contributed by atoms with E-state index in [-0.39, 0.29) is 11.2 Å². The van der Waals surface area contributed by atoms with E-state index in [1.54, 1.807) is 26.8 Å². The second-order valence-electron chi connectivity index (χ2n) is 6.50. The zero-order valence-electron chi connectivity index (χ0n) is 12.4. The molecular weight excluding hydrogens is 244 g/mol. The summed E-state index contributed by atoms with van der Waals surface area (Å²) < 4.78 is 10.2. The predicted octanol–water partition coefficient (Wildman–Crippen LogP) is 4.00. The Kier molecular flexibility index (Phi) is 4.13. The van der Waals surface area contributed by atoms with Gasteiger partial charge in [-0.05, 0) is 44.4 Å². The number of hydrogen-bond acceptors (Lipinski definition) is 4. The number of carbonyl (C=O) groups excluding carboxylic acids is 1. The Hall–Kier alpha value is -1.71. The number of phenols is 1. The Morgan fingerprint density at radius 3 is 2.16 bits per heavy atom. The minimum atomic E-state index is -0.752. The summed E-state index contributed by atoms with van der Waals surface area (Å²) in [6.45, 7) is 11.2. The molecule has 106 valence electrons. The lowest BCUT2D eigenvalue weighted by atomic mass is 9.86. The summed E-state index contributed by atoms with van der Waals surface area (Å²) in [5.74, 6) is 0.543. The van der Waals surface area contributed by atoms with Crippen molar-refractivity contribution in [2.45, 2.75) is 52.6 Å². The van der Waals surface area contributed by atoms with Crippen molar-refractivity contribution in [2.75, 3.05) is 0 Å². The van der Waals surface area contributed by atoms with E-state index < -0.39 is 11.8 Å². The van der Waals surface area contributed by atoms with Gasteiger partial charge in [0.05, 0.1) is 0 Å². The third kappa shape index (κ3) is 4.81. The smallest absolute Gasteiger partial charge is 0.508 e. The molecule has 0 saturated heterocycles. The van der Waals surface area contributed by atoms with Crippen molar-refractivity contribution in [1.82, 2.24) is 0 Å². The fourth-order valence-corrected chi connectivity index (χ4v) is 1.55. The van der Waals surface area contributed by atoms with Crippen LogP contribution in [0.3, 0.4) is 0 Å². The van der Waals surface area contributed by atoms with E-state index >= 15 is 0 Å². The van der Waals surface area contributed by atoms with Crippen LogP contribution in [0.15, 0.2) is 18.2 Å². The highest BCUT2D eigenvalue weighted by molar-refractivity contribution is 5.64. The number of ether oxygens (including phenoxy) is 2. The SMILES string of the molecule is CC(C)(C)OC(=O)Oc1ccc(O)c(C(C)(C)C)c1. The molecule has 0 atom stereocenters. The Balaban J connectivity index is 2.89. The summed E-state index contributed by atoms with van der Waals surface area (Å²) in [5.41, 5.74) is -0.119. The Labute approximate surface area is 114 Å². The van der Waals surface area contributed by atoms with Gasteiger partial charge in [0, 0.05) is 5.56 Å². The number of phenolic OH excluding ortho intramolecular Hbond substituents is 1. The molecule has 4 heteroatoms. The van der Waals surface area contributed by atoms with Crippen molar-refractivity contribution in [3.05, 3.63) is 23.8 Å². The van der Waals surface area contributed by atoms with Gasteiger partial charge in [0.25, 0.3) is 0 Å².